The molecule has 78 valence electrons. The molecule has 1 unspecified atom stereocenters. The Labute approximate surface area is 80.7 Å². The van der Waals surface area contributed by atoms with E-state index in [9.17, 15) is 0 Å². The van der Waals surface area contributed by atoms with Crippen LogP contribution in [0.4, 0.5) is 0 Å². The van der Waals surface area contributed by atoms with Crippen LogP contribution in [0.3, 0.4) is 0 Å². The van der Waals surface area contributed by atoms with Gasteiger partial charge < -0.3 is 16.2 Å². The molecule has 1 saturated carbocycles. The van der Waals surface area contributed by atoms with Crippen molar-refractivity contribution in [2.45, 2.75) is 38.6 Å². The summed E-state index contributed by atoms with van der Waals surface area (Å²) >= 11 is 0. The van der Waals surface area contributed by atoms with Crippen LogP contribution in [0.5, 0.6) is 0 Å². The van der Waals surface area contributed by atoms with E-state index < -0.39 is 0 Å². The van der Waals surface area contributed by atoms with Gasteiger partial charge in [0, 0.05) is 18.6 Å². The van der Waals surface area contributed by atoms with Crippen molar-refractivity contribution in [3.63, 3.8) is 0 Å². The lowest BCUT2D eigenvalue weighted by Crippen LogP contribution is -2.58. The Hall–Kier alpha value is -0.120. The van der Waals surface area contributed by atoms with Crippen molar-refractivity contribution >= 4 is 0 Å². The van der Waals surface area contributed by atoms with Crippen LogP contribution in [0.1, 0.15) is 33.1 Å². The molecular formula is C10H22N2O. The molecule has 1 aliphatic rings. The summed E-state index contributed by atoms with van der Waals surface area (Å²) < 4.78 is 0. The highest BCUT2D eigenvalue weighted by atomic mass is 16.3. The van der Waals surface area contributed by atoms with Gasteiger partial charge in [-0.3, -0.25) is 0 Å². The van der Waals surface area contributed by atoms with E-state index in [0.717, 1.165) is 6.42 Å². The second-order valence-electron chi connectivity index (χ2n) is 4.67. The summed E-state index contributed by atoms with van der Waals surface area (Å²) in [5.41, 5.74) is 6.15. The standard InChI is InChI=1S/C10H22N2O/c1-9(2)4-3-5-10(9,8-11)12-6-7-13/h12-13H,3-8,11H2,1-2H3. The van der Waals surface area contributed by atoms with Crippen LogP contribution in [-0.4, -0.2) is 30.3 Å². The largest absolute Gasteiger partial charge is 0.395 e. The van der Waals surface area contributed by atoms with Gasteiger partial charge in [0.15, 0.2) is 0 Å². The number of hydrogen-bond donors (Lipinski definition) is 3. The molecule has 0 aromatic rings. The predicted octanol–water partition coefficient (Wildman–Crippen LogP) is 0.476. The van der Waals surface area contributed by atoms with Crippen LogP contribution in [0, 0.1) is 5.41 Å². The SMILES string of the molecule is CC1(C)CCCC1(CN)NCCO. The minimum Gasteiger partial charge on any atom is -0.395 e. The summed E-state index contributed by atoms with van der Waals surface area (Å²) in [7, 11) is 0. The smallest absolute Gasteiger partial charge is 0.0556 e. The van der Waals surface area contributed by atoms with E-state index in [1.54, 1.807) is 0 Å². The molecule has 0 aromatic carbocycles. The molecule has 0 spiro atoms. The van der Waals surface area contributed by atoms with E-state index >= 15 is 0 Å². The molecule has 3 heteroatoms. The fourth-order valence-corrected chi connectivity index (χ4v) is 2.48. The second kappa shape index (κ2) is 3.95. The molecule has 0 aromatic heterocycles. The molecule has 0 heterocycles. The molecule has 1 aliphatic carbocycles. The lowest BCUT2D eigenvalue weighted by molar-refractivity contribution is 0.151. The van der Waals surface area contributed by atoms with Crippen molar-refractivity contribution in [3.8, 4) is 0 Å². The maximum absolute atomic E-state index is 8.80. The monoisotopic (exact) mass is 186 g/mol. The molecule has 3 nitrogen and oxygen atoms in total. The van der Waals surface area contributed by atoms with Crippen LogP contribution < -0.4 is 11.1 Å². The van der Waals surface area contributed by atoms with Crippen molar-refractivity contribution in [1.29, 1.82) is 0 Å². The highest BCUT2D eigenvalue weighted by Gasteiger charge is 2.47. The summed E-state index contributed by atoms with van der Waals surface area (Å²) in [5.74, 6) is 0. The molecule has 1 fully saturated rings. The number of hydrogen-bond acceptors (Lipinski definition) is 3. The molecule has 4 N–H and O–H groups in total. The molecule has 1 atom stereocenters. The summed E-state index contributed by atoms with van der Waals surface area (Å²) in [6, 6.07) is 0. The molecule has 0 amide bonds. The van der Waals surface area contributed by atoms with E-state index in [1.807, 2.05) is 0 Å². The third-order valence-electron chi connectivity index (χ3n) is 3.62. The maximum atomic E-state index is 8.80. The predicted molar refractivity (Wildman–Crippen MR) is 54.5 cm³/mol. The quantitative estimate of drug-likeness (QED) is 0.598. The van der Waals surface area contributed by atoms with Crippen LogP contribution in [0.25, 0.3) is 0 Å². The molecule has 1 rings (SSSR count). The fraction of sp³-hybridized carbons (Fsp3) is 1.00. The Morgan fingerprint density at radius 2 is 2.08 bits per heavy atom. The number of nitrogens with two attached hydrogens (primary N) is 1. The normalized spacial score (nSPS) is 32.3. The average Bonchev–Trinajstić information content (AvgIpc) is 2.38. The minimum absolute atomic E-state index is 0.0513. The van der Waals surface area contributed by atoms with Crippen LogP contribution in [0.15, 0.2) is 0 Å². The van der Waals surface area contributed by atoms with Crippen LogP contribution in [0.2, 0.25) is 0 Å². The van der Waals surface area contributed by atoms with Gasteiger partial charge in [-0.25, -0.2) is 0 Å². The van der Waals surface area contributed by atoms with Gasteiger partial charge in [-0.05, 0) is 18.3 Å². The number of rotatable bonds is 4. The molecule has 0 bridgehead atoms. The first-order chi connectivity index (χ1) is 6.08. The van der Waals surface area contributed by atoms with Gasteiger partial charge in [-0.15, -0.1) is 0 Å². The Balaban J connectivity index is 2.67. The first kappa shape index (κ1) is 11.0. The highest BCUT2D eigenvalue weighted by Crippen LogP contribution is 2.45. The Morgan fingerprint density at radius 3 is 2.46 bits per heavy atom. The number of aliphatic hydroxyl groups is 1. The van der Waals surface area contributed by atoms with Crippen LogP contribution >= 0.6 is 0 Å². The van der Waals surface area contributed by atoms with E-state index in [2.05, 4.69) is 19.2 Å². The Kier molecular flexibility index (Phi) is 3.33. The Morgan fingerprint density at radius 1 is 1.38 bits per heavy atom. The first-order valence-corrected chi connectivity index (χ1v) is 5.14. The molecule has 0 radical (unpaired) electrons. The first-order valence-electron chi connectivity index (χ1n) is 5.14. The lowest BCUT2D eigenvalue weighted by atomic mass is 9.75. The van der Waals surface area contributed by atoms with Gasteiger partial charge in [0.05, 0.1) is 6.61 Å². The molecular weight excluding hydrogens is 164 g/mol. The summed E-state index contributed by atoms with van der Waals surface area (Å²) in [4.78, 5) is 0. The summed E-state index contributed by atoms with van der Waals surface area (Å²) in [6.45, 7) is 6.03. The van der Waals surface area contributed by atoms with E-state index in [-0.39, 0.29) is 17.6 Å². The lowest BCUT2D eigenvalue weighted by Gasteiger charge is -2.41. The van der Waals surface area contributed by atoms with Gasteiger partial charge in [0.2, 0.25) is 0 Å². The van der Waals surface area contributed by atoms with Crippen molar-refractivity contribution in [2.75, 3.05) is 19.7 Å². The van der Waals surface area contributed by atoms with Gasteiger partial charge in [-0.2, -0.15) is 0 Å². The topological polar surface area (TPSA) is 58.3 Å². The van der Waals surface area contributed by atoms with Crippen molar-refractivity contribution in [2.24, 2.45) is 11.1 Å². The van der Waals surface area contributed by atoms with E-state index in [1.165, 1.54) is 12.8 Å². The van der Waals surface area contributed by atoms with E-state index in [0.29, 0.717) is 13.1 Å². The fourth-order valence-electron chi connectivity index (χ4n) is 2.48. The van der Waals surface area contributed by atoms with Gasteiger partial charge in [0.25, 0.3) is 0 Å². The zero-order chi connectivity index (χ0) is 9.95. The van der Waals surface area contributed by atoms with Crippen molar-refractivity contribution in [3.05, 3.63) is 0 Å². The third-order valence-corrected chi connectivity index (χ3v) is 3.62. The number of nitrogens with one attached hydrogen (secondary N) is 1. The second-order valence-corrected chi connectivity index (χ2v) is 4.67. The number of aliphatic hydroxyl groups excluding tert-OH is 1. The van der Waals surface area contributed by atoms with Gasteiger partial charge in [-0.1, -0.05) is 20.3 Å². The summed E-state index contributed by atoms with van der Waals surface area (Å²) in [5, 5.41) is 12.2. The minimum atomic E-state index is 0.0513. The maximum Gasteiger partial charge on any atom is 0.0556 e. The molecule has 13 heavy (non-hydrogen) atoms. The summed E-state index contributed by atoms with van der Waals surface area (Å²) in [6.07, 6.45) is 3.60. The zero-order valence-corrected chi connectivity index (χ0v) is 8.77. The molecule has 0 saturated heterocycles. The zero-order valence-electron chi connectivity index (χ0n) is 8.77. The average molecular weight is 186 g/mol. The number of β-amino-alcohol motifs (C(OH)–C–C–N with tert-alkyl or cyclic N) is 1. The van der Waals surface area contributed by atoms with Gasteiger partial charge in [0.1, 0.15) is 0 Å². The van der Waals surface area contributed by atoms with E-state index in [4.69, 9.17) is 10.8 Å². The van der Waals surface area contributed by atoms with Crippen molar-refractivity contribution in [1.82, 2.24) is 5.32 Å². The third kappa shape index (κ3) is 1.87. The van der Waals surface area contributed by atoms with Gasteiger partial charge >= 0.3 is 0 Å². The molecule has 0 aliphatic heterocycles. The van der Waals surface area contributed by atoms with Crippen LogP contribution in [-0.2, 0) is 0 Å². The highest BCUT2D eigenvalue weighted by molar-refractivity contribution is 5.05. The van der Waals surface area contributed by atoms with Crippen molar-refractivity contribution < 1.29 is 5.11 Å². The Bertz CT molecular complexity index is 170.